The summed E-state index contributed by atoms with van der Waals surface area (Å²) in [5.41, 5.74) is 1.45. The third-order valence-electron chi connectivity index (χ3n) is 7.27. The highest BCUT2D eigenvalue weighted by atomic mass is 19.4. The molecule has 1 atom stereocenters. The smallest absolute Gasteiger partial charge is 0.418 e. The van der Waals surface area contributed by atoms with Crippen molar-refractivity contribution in [1.29, 1.82) is 0 Å². The van der Waals surface area contributed by atoms with Crippen LogP contribution in [0, 0.1) is 25.6 Å². The molecule has 3 aromatic rings. The number of benzene rings is 2. The van der Waals surface area contributed by atoms with Crippen LogP contribution in [-0.2, 0) is 22.2 Å². The van der Waals surface area contributed by atoms with Crippen LogP contribution in [0.2, 0.25) is 0 Å². The van der Waals surface area contributed by atoms with Crippen LogP contribution in [-0.4, -0.2) is 22.0 Å². The van der Waals surface area contributed by atoms with E-state index < -0.39 is 29.4 Å². The summed E-state index contributed by atoms with van der Waals surface area (Å²) in [4.78, 5) is 28.2. The van der Waals surface area contributed by atoms with Crippen molar-refractivity contribution in [2.75, 3.05) is 5.32 Å². The molecule has 1 saturated carbocycles. The monoisotopic (exact) mass is 528 g/mol. The van der Waals surface area contributed by atoms with Gasteiger partial charge in [0.25, 0.3) is 0 Å². The lowest BCUT2D eigenvalue weighted by atomic mass is 9.72. The minimum atomic E-state index is -4.61. The van der Waals surface area contributed by atoms with E-state index >= 15 is 4.39 Å². The number of amides is 1. The molecule has 38 heavy (non-hydrogen) atoms. The molecule has 5 nitrogen and oxygen atoms in total. The van der Waals surface area contributed by atoms with Crippen molar-refractivity contribution in [2.45, 2.75) is 58.0 Å². The summed E-state index contributed by atoms with van der Waals surface area (Å²) in [6.07, 6.45) is -0.554. The van der Waals surface area contributed by atoms with Crippen molar-refractivity contribution in [3.63, 3.8) is 0 Å². The Labute approximate surface area is 217 Å². The Kier molecular flexibility index (Phi) is 7.85. The maximum atomic E-state index is 15.3. The summed E-state index contributed by atoms with van der Waals surface area (Å²) in [7, 11) is 0. The maximum absolute atomic E-state index is 15.3. The van der Waals surface area contributed by atoms with Crippen LogP contribution in [0.3, 0.4) is 0 Å². The molecular weight excluding hydrogens is 500 g/mol. The van der Waals surface area contributed by atoms with E-state index in [0.29, 0.717) is 17.7 Å². The zero-order chi connectivity index (χ0) is 27.6. The molecule has 0 saturated heterocycles. The van der Waals surface area contributed by atoms with Gasteiger partial charge in [-0.1, -0.05) is 30.7 Å². The number of carbonyl (C=O) groups is 2. The van der Waals surface area contributed by atoms with Gasteiger partial charge >= 0.3 is 12.1 Å². The van der Waals surface area contributed by atoms with Gasteiger partial charge in [-0.2, -0.15) is 13.2 Å². The number of halogens is 4. The fourth-order valence-electron chi connectivity index (χ4n) is 4.88. The van der Waals surface area contributed by atoms with Crippen LogP contribution in [0.1, 0.15) is 59.5 Å². The molecule has 1 amide bonds. The summed E-state index contributed by atoms with van der Waals surface area (Å²) in [5.74, 6) is -2.59. The zero-order valence-corrected chi connectivity index (χ0v) is 21.0. The Bertz CT molecular complexity index is 1370. The number of aromatic nitrogens is 1. The molecule has 1 aliphatic carbocycles. The molecule has 0 aliphatic heterocycles. The molecule has 0 spiro atoms. The Morgan fingerprint density at radius 3 is 2.47 bits per heavy atom. The predicted molar refractivity (Wildman–Crippen MR) is 135 cm³/mol. The second-order valence-corrected chi connectivity index (χ2v) is 9.74. The topological polar surface area (TPSA) is 79.3 Å². The third-order valence-corrected chi connectivity index (χ3v) is 7.27. The highest BCUT2D eigenvalue weighted by Gasteiger charge is 2.35. The largest absolute Gasteiger partial charge is 0.481 e. The van der Waals surface area contributed by atoms with E-state index in [2.05, 4.69) is 10.3 Å². The highest BCUT2D eigenvalue weighted by Crippen LogP contribution is 2.41. The Morgan fingerprint density at radius 2 is 1.87 bits per heavy atom. The van der Waals surface area contributed by atoms with Crippen molar-refractivity contribution < 1.29 is 32.3 Å². The van der Waals surface area contributed by atoms with E-state index in [1.54, 1.807) is 18.2 Å². The molecule has 0 bridgehead atoms. The van der Waals surface area contributed by atoms with E-state index in [1.807, 2.05) is 13.0 Å². The average molecular weight is 529 g/mol. The van der Waals surface area contributed by atoms with Crippen molar-refractivity contribution in [3.8, 4) is 11.1 Å². The number of hydrogen-bond acceptors (Lipinski definition) is 3. The van der Waals surface area contributed by atoms with Crippen LogP contribution in [0.25, 0.3) is 11.1 Å². The van der Waals surface area contributed by atoms with Crippen molar-refractivity contribution in [1.82, 2.24) is 4.98 Å². The first-order chi connectivity index (χ1) is 18.0. The number of pyridine rings is 1. The molecule has 1 fully saturated rings. The summed E-state index contributed by atoms with van der Waals surface area (Å²) in [6, 6.07) is 10.4. The molecule has 1 aromatic heterocycles. The fourth-order valence-corrected chi connectivity index (χ4v) is 4.88. The standard InChI is InChI=1S/C29H28F4N2O3/c1-16-18(10-12-26(36)37)5-4-8-25(16)35-28(38)27(19-6-3-7-19)20-9-11-22(24(30)14-20)21-13-23(29(31,32)33)17(2)34-15-21/h4-5,8-9,11,13-15,19,27H,3,6-7,10,12H2,1-2H3,(H,35,38)(H,36,37). The van der Waals surface area contributed by atoms with Gasteiger partial charge in [-0.3, -0.25) is 14.6 Å². The van der Waals surface area contributed by atoms with Gasteiger partial charge in [0.2, 0.25) is 5.91 Å². The van der Waals surface area contributed by atoms with Gasteiger partial charge in [-0.15, -0.1) is 0 Å². The summed E-state index contributed by atoms with van der Waals surface area (Å²) in [5, 5.41) is 11.9. The van der Waals surface area contributed by atoms with Crippen molar-refractivity contribution in [3.05, 3.63) is 82.4 Å². The number of aryl methyl sites for hydroxylation is 2. The third kappa shape index (κ3) is 5.87. The number of anilines is 1. The van der Waals surface area contributed by atoms with Crippen molar-refractivity contribution in [2.24, 2.45) is 5.92 Å². The molecule has 1 aliphatic rings. The van der Waals surface area contributed by atoms with Crippen LogP contribution in [0.5, 0.6) is 0 Å². The van der Waals surface area contributed by atoms with E-state index in [4.69, 9.17) is 5.11 Å². The molecule has 2 N–H and O–H groups in total. The zero-order valence-electron chi connectivity index (χ0n) is 21.0. The molecule has 1 heterocycles. The predicted octanol–water partition coefficient (Wildman–Crippen LogP) is 7.06. The lowest BCUT2D eigenvalue weighted by molar-refractivity contribution is -0.138. The van der Waals surface area contributed by atoms with E-state index in [1.165, 1.54) is 25.3 Å². The van der Waals surface area contributed by atoms with Gasteiger partial charge < -0.3 is 10.4 Å². The molecule has 200 valence electrons. The second kappa shape index (κ2) is 10.9. The van der Waals surface area contributed by atoms with Gasteiger partial charge in [0.05, 0.1) is 11.5 Å². The first kappa shape index (κ1) is 27.3. The fraction of sp³-hybridized carbons (Fsp3) is 0.345. The van der Waals surface area contributed by atoms with Crippen LogP contribution in [0.4, 0.5) is 23.2 Å². The summed E-state index contributed by atoms with van der Waals surface area (Å²) >= 11 is 0. The first-order valence-electron chi connectivity index (χ1n) is 12.4. The van der Waals surface area contributed by atoms with Gasteiger partial charge in [-0.25, -0.2) is 4.39 Å². The Balaban J connectivity index is 1.62. The minimum Gasteiger partial charge on any atom is -0.481 e. The summed E-state index contributed by atoms with van der Waals surface area (Å²) < 4.78 is 55.3. The normalized spacial score (nSPS) is 14.6. The first-order valence-corrected chi connectivity index (χ1v) is 12.4. The minimum absolute atomic E-state index is 0.00502. The molecule has 2 aromatic carbocycles. The van der Waals surface area contributed by atoms with Crippen LogP contribution >= 0.6 is 0 Å². The van der Waals surface area contributed by atoms with E-state index in [-0.39, 0.29) is 35.1 Å². The van der Waals surface area contributed by atoms with E-state index in [9.17, 15) is 22.8 Å². The number of aliphatic carboxylic acids is 1. The van der Waals surface area contributed by atoms with Gasteiger partial charge in [0, 0.05) is 35.1 Å². The van der Waals surface area contributed by atoms with Gasteiger partial charge in [0.1, 0.15) is 5.82 Å². The van der Waals surface area contributed by atoms with Crippen LogP contribution < -0.4 is 5.32 Å². The highest BCUT2D eigenvalue weighted by molar-refractivity contribution is 5.97. The average Bonchev–Trinajstić information content (AvgIpc) is 2.81. The number of carbonyl (C=O) groups excluding carboxylic acids is 1. The molecule has 9 heteroatoms. The number of carboxylic acid groups (broad SMARTS) is 1. The lowest BCUT2D eigenvalue weighted by Crippen LogP contribution is -2.31. The number of hydrogen-bond donors (Lipinski definition) is 2. The summed E-state index contributed by atoms with van der Waals surface area (Å²) in [6.45, 7) is 3.06. The molecule has 0 radical (unpaired) electrons. The van der Waals surface area contributed by atoms with Crippen molar-refractivity contribution >= 4 is 17.6 Å². The lowest BCUT2D eigenvalue weighted by Gasteiger charge is -2.33. The second-order valence-electron chi connectivity index (χ2n) is 9.74. The molecular formula is C29H28F4N2O3. The Hall–Kier alpha value is -3.75. The number of nitrogens with one attached hydrogen (secondary N) is 1. The SMILES string of the molecule is Cc1ncc(-c2ccc(C(C(=O)Nc3cccc(CCC(=O)O)c3C)C3CCC3)cc2F)cc1C(F)(F)F. The number of alkyl halides is 3. The number of rotatable bonds is 8. The van der Waals surface area contributed by atoms with Crippen LogP contribution in [0.15, 0.2) is 48.7 Å². The molecule has 4 rings (SSSR count). The quantitative estimate of drug-likeness (QED) is 0.307. The Morgan fingerprint density at radius 1 is 1.13 bits per heavy atom. The number of nitrogens with zero attached hydrogens (tertiary/aromatic N) is 1. The van der Waals surface area contributed by atoms with Gasteiger partial charge in [-0.05, 0) is 73.9 Å². The van der Waals surface area contributed by atoms with Gasteiger partial charge in [0.15, 0.2) is 0 Å². The molecule has 1 unspecified atom stereocenters. The maximum Gasteiger partial charge on any atom is 0.418 e. The number of carboxylic acids is 1. The van der Waals surface area contributed by atoms with E-state index in [0.717, 1.165) is 36.5 Å².